The van der Waals surface area contributed by atoms with Crippen LogP contribution in [0, 0.1) is 0 Å². The molecule has 6 rings (SSSR count). The first-order valence-corrected chi connectivity index (χ1v) is 12.8. The number of aromatic nitrogens is 3. The number of hydrogen-bond acceptors (Lipinski definition) is 6. The lowest BCUT2D eigenvalue weighted by atomic mass is 10.1. The topological polar surface area (TPSA) is 68.4 Å². The summed E-state index contributed by atoms with van der Waals surface area (Å²) in [5, 5.41) is 4.64. The summed E-state index contributed by atoms with van der Waals surface area (Å²) >= 11 is 3.54. The zero-order valence-corrected chi connectivity index (χ0v) is 21.3. The van der Waals surface area contributed by atoms with Crippen LogP contribution in [0.3, 0.4) is 0 Å². The number of benzene rings is 2. The third-order valence-corrected chi connectivity index (χ3v) is 7.12. The van der Waals surface area contributed by atoms with E-state index in [0.717, 1.165) is 70.2 Å². The number of fused-ring (bicyclic) bond motifs is 1. The fourth-order valence-corrected chi connectivity index (χ4v) is 5.07. The molecule has 5 aromatic rings. The molecule has 0 aliphatic carbocycles. The minimum Gasteiger partial charge on any atom is -0.468 e. The first-order chi connectivity index (χ1) is 17.8. The fraction of sp³-hybridized carbons (Fsp3) is 0.214. The predicted octanol–water partition coefficient (Wildman–Crippen LogP) is 5.93. The van der Waals surface area contributed by atoms with E-state index in [4.69, 9.17) is 19.1 Å². The monoisotopic (exact) mass is 543 g/mol. The van der Waals surface area contributed by atoms with Gasteiger partial charge in [-0.2, -0.15) is 0 Å². The summed E-state index contributed by atoms with van der Waals surface area (Å²) in [6.07, 6.45) is 5.51. The molecule has 1 N–H and O–H groups in total. The molecule has 4 heterocycles. The average Bonchev–Trinajstić information content (AvgIpc) is 3.60. The molecule has 8 heteroatoms. The molecule has 1 atom stereocenters. The number of ether oxygens (including phenoxy) is 1. The van der Waals surface area contributed by atoms with Gasteiger partial charge in [-0.3, -0.25) is 4.90 Å². The van der Waals surface area contributed by atoms with Crippen LogP contribution in [0.4, 0.5) is 5.82 Å². The van der Waals surface area contributed by atoms with Gasteiger partial charge in [-0.15, -0.1) is 0 Å². The van der Waals surface area contributed by atoms with Crippen LogP contribution < -0.4 is 5.32 Å². The number of nitrogens with zero attached hydrogens (tertiary/aromatic N) is 4. The van der Waals surface area contributed by atoms with E-state index in [1.807, 2.05) is 30.3 Å². The smallest absolute Gasteiger partial charge is 0.150 e. The predicted molar refractivity (Wildman–Crippen MR) is 144 cm³/mol. The van der Waals surface area contributed by atoms with Gasteiger partial charge in [-0.1, -0.05) is 46.3 Å². The Morgan fingerprint density at radius 1 is 0.944 bits per heavy atom. The quantitative estimate of drug-likeness (QED) is 0.274. The maximum absolute atomic E-state index is 5.83. The third-order valence-electron chi connectivity index (χ3n) is 6.59. The van der Waals surface area contributed by atoms with Crippen molar-refractivity contribution in [3.05, 3.63) is 95.8 Å². The van der Waals surface area contributed by atoms with Crippen molar-refractivity contribution in [1.29, 1.82) is 0 Å². The van der Waals surface area contributed by atoms with Crippen molar-refractivity contribution in [3.8, 4) is 16.8 Å². The molecule has 36 heavy (non-hydrogen) atoms. The number of rotatable bonds is 7. The highest BCUT2D eigenvalue weighted by atomic mass is 79.9. The van der Waals surface area contributed by atoms with Crippen LogP contribution in [-0.2, 0) is 4.74 Å². The van der Waals surface area contributed by atoms with Gasteiger partial charge in [0.2, 0.25) is 0 Å². The highest BCUT2D eigenvalue weighted by Gasteiger charge is 2.26. The molecular formula is C28H26BrN5O2. The molecule has 2 aromatic carbocycles. The Hall–Kier alpha value is -3.46. The van der Waals surface area contributed by atoms with E-state index in [1.165, 1.54) is 0 Å². The SMILES string of the molecule is Brc1ccc(-n2cc(-c3ccccc3)c3c(NCC(c4ccco4)N4CCOCC4)ncnc32)cc1. The lowest BCUT2D eigenvalue weighted by molar-refractivity contribution is 0.0144. The molecule has 1 saturated heterocycles. The summed E-state index contributed by atoms with van der Waals surface area (Å²) in [5.74, 6) is 1.74. The average molecular weight is 544 g/mol. The zero-order chi connectivity index (χ0) is 24.3. The van der Waals surface area contributed by atoms with E-state index in [-0.39, 0.29) is 6.04 Å². The number of hydrogen-bond donors (Lipinski definition) is 1. The van der Waals surface area contributed by atoms with Crippen molar-refractivity contribution in [2.45, 2.75) is 6.04 Å². The first-order valence-electron chi connectivity index (χ1n) is 12.0. The number of anilines is 1. The molecule has 1 unspecified atom stereocenters. The zero-order valence-electron chi connectivity index (χ0n) is 19.7. The lowest BCUT2D eigenvalue weighted by Gasteiger charge is -2.33. The second kappa shape index (κ2) is 10.3. The van der Waals surface area contributed by atoms with E-state index >= 15 is 0 Å². The molecule has 182 valence electrons. The minimum absolute atomic E-state index is 0.0719. The molecule has 1 aliphatic rings. The van der Waals surface area contributed by atoms with Crippen molar-refractivity contribution < 1.29 is 9.15 Å². The van der Waals surface area contributed by atoms with Crippen molar-refractivity contribution in [1.82, 2.24) is 19.4 Å². The van der Waals surface area contributed by atoms with Gasteiger partial charge < -0.3 is 19.0 Å². The Labute approximate surface area is 217 Å². The standard InChI is InChI=1S/C28H26BrN5O2/c29-21-8-10-22(11-9-21)34-18-23(20-5-2-1-3-6-20)26-27(31-19-32-28(26)34)30-17-24(25-7-4-14-36-25)33-12-15-35-16-13-33/h1-11,14,18-19,24H,12-13,15-17H2,(H,30,31,32). The van der Waals surface area contributed by atoms with E-state index < -0.39 is 0 Å². The van der Waals surface area contributed by atoms with Crippen molar-refractivity contribution in [3.63, 3.8) is 0 Å². The van der Waals surface area contributed by atoms with Crippen LogP contribution in [-0.4, -0.2) is 52.3 Å². The van der Waals surface area contributed by atoms with E-state index in [2.05, 4.69) is 73.3 Å². The highest BCUT2D eigenvalue weighted by molar-refractivity contribution is 9.10. The van der Waals surface area contributed by atoms with Crippen LogP contribution in [0.25, 0.3) is 27.8 Å². The summed E-state index contributed by atoms with van der Waals surface area (Å²) in [7, 11) is 0. The number of nitrogens with one attached hydrogen (secondary N) is 1. The summed E-state index contributed by atoms with van der Waals surface area (Å²) in [6.45, 7) is 3.83. The normalized spacial score (nSPS) is 15.2. The van der Waals surface area contributed by atoms with E-state index in [0.29, 0.717) is 6.54 Å². The molecule has 7 nitrogen and oxygen atoms in total. The maximum Gasteiger partial charge on any atom is 0.150 e. The molecule has 1 aliphatic heterocycles. The molecule has 0 amide bonds. The van der Waals surface area contributed by atoms with Gasteiger partial charge in [-0.25, -0.2) is 9.97 Å². The van der Waals surface area contributed by atoms with Crippen molar-refractivity contribution >= 4 is 32.8 Å². The van der Waals surface area contributed by atoms with Crippen molar-refractivity contribution in [2.24, 2.45) is 0 Å². The molecule has 0 saturated carbocycles. The van der Waals surface area contributed by atoms with Crippen LogP contribution in [0.2, 0.25) is 0 Å². The van der Waals surface area contributed by atoms with Gasteiger partial charge in [-0.05, 0) is 42.0 Å². The van der Waals surface area contributed by atoms with Gasteiger partial charge in [0.15, 0.2) is 5.65 Å². The largest absolute Gasteiger partial charge is 0.468 e. The Morgan fingerprint density at radius 2 is 1.75 bits per heavy atom. The summed E-state index contributed by atoms with van der Waals surface area (Å²) in [6, 6.07) is 22.7. The summed E-state index contributed by atoms with van der Waals surface area (Å²) in [5.41, 5.74) is 4.09. The Morgan fingerprint density at radius 3 is 2.50 bits per heavy atom. The molecule has 0 spiro atoms. The van der Waals surface area contributed by atoms with Gasteiger partial charge in [0.1, 0.15) is 17.9 Å². The van der Waals surface area contributed by atoms with Gasteiger partial charge in [0.25, 0.3) is 0 Å². The Bertz CT molecular complexity index is 1430. The molecule has 3 aromatic heterocycles. The van der Waals surface area contributed by atoms with Crippen molar-refractivity contribution in [2.75, 3.05) is 38.2 Å². The van der Waals surface area contributed by atoms with Crippen LogP contribution >= 0.6 is 15.9 Å². The number of halogens is 1. The Balaban J connectivity index is 1.42. The van der Waals surface area contributed by atoms with Gasteiger partial charge >= 0.3 is 0 Å². The second-order valence-electron chi connectivity index (χ2n) is 8.74. The first kappa shape index (κ1) is 23.0. The summed E-state index contributed by atoms with van der Waals surface area (Å²) < 4.78 is 14.6. The fourth-order valence-electron chi connectivity index (χ4n) is 4.80. The van der Waals surface area contributed by atoms with Crippen LogP contribution in [0.5, 0.6) is 0 Å². The minimum atomic E-state index is 0.0719. The summed E-state index contributed by atoms with van der Waals surface area (Å²) in [4.78, 5) is 11.8. The van der Waals surface area contributed by atoms with E-state index in [1.54, 1.807) is 12.6 Å². The molecule has 0 bridgehead atoms. The van der Waals surface area contributed by atoms with Crippen LogP contribution in [0.15, 0.2) is 94.4 Å². The highest BCUT2D eigenvalue weighted by Crippen LogP contribution is 2.36. The van der Waals surface area contributed by atoms with Gasteiger partial charge in [0.05, 0.1) is 30.9 Å². The molecule has 0 radical (unpaired) electrons. The van der Waals surface area contributed by atoms with Gasteiger partial charge in [0, 0.05) is 41.6 Å². The second-order valence-corrected chi connectivity index (χ2v) is 9.65. The number of morpholine rings is 1. The maximum atomic E-state index is 5.83. The molecule has 1 fully saturated rings. The van der Waals surface area contributed by atoms with E-state index in [9.17, 15) is 0 Å². The van der Waals surface area contributed by atoms with Crippen LogP contribution in [0.1, 0.15) is 11.8 Å². The Kier molecular flexibility index (Phi) is 6.55. The molecular weight excluding hydrogens is 518 g/mol. The number of furan rings is 1. The lowest BCUT2D eigenvalue weighted by Crippen LogP contribution is -2.41. The third kappa shape index (κ3) is 4.55.